The molecule has 0 bridgehead atoms. The minimum absolute atomic E-state index is 0.107. The van der Waals surface area contributed by atoms with Crippen molar-refractivity contribution in [1.82, 2.24) is 20.6 Å². The predicted octanol–water partition coefficient (Wildman–Crippen LogP) is -0.0394. The van der Waals surface area contributed by atoms with E-state index >= 15 is 0 Å². The quantitative estimate of drug-likeness (QED) is 0.572. The van der Waals surface area contributed by atoms with Gasteiger partial charge in [-0.1, -0.05) is 17.4 Å². The van der Waals surface area contributed by atoms with Gasteiger partial charge < -0.3 is 5.73 Å². The van der Waals surface area contributed by atoms with Crippen molar-refractivity contribution < 1.29 is 0 Å². The molecule has 3 N–H and O–H groups in total. The van der Waals surface area contributed by atoms with Crippen molar-refractivity contribution in [1.29, 1.82) is 0 Å². The van der Waals surface area contributed by atoms with Crippen molar-refractivity contribution >= 4 is 0 Å². The van der Waals surface area contributed by atoms with Gasteiger partial charge in [-0.15, -0.1) is 10.2 Å². The SMILES string of the molecule is C=C1CC(N)[C@H](c2nn[nH]n2)C1. The summed E-state index contributed by atoms with van der Waals surface area (Å²) >= 11 is 0. The van der Waals surface area contributed by atoms with E-state index in [1.807, 2.05) is 0 Å². The number of aromatic nitrogens is 4. The molecule has 64 valence electrons. The Morgan fingerprint density at radius 1 is 1.50 bits per heavy atom. The van der Waals surface area contributed by atoms with Crippen LogP contribution in [0.2, 0.25) is 0 Å². The lowest BCUT2D eigenvalue weighted by Crippen LogP contribution is -2.23. The minimum atomic E-state index is 0.107. The average Bonchev–Trinajstić information content (AvgIpc) is 2.58. The van der Waals surface area contributed by atoms with Crippen LogP contribution in [0.25, 0.3) is 0 Å². The maximum atomic E-state index is 5.88. The first-order valence-corrected chi connectivity index (χ1v) is 3.93. The second-order valence-corrected chi connectivity index (χ2v) is 3.20. The molecule has 2 atom stereocenters. The van der Waals surface area contributed by atoms with Crippen molar-refractivity contribution in [2.45, 2.75) is 24.8 Å². The Kier molecular flexibility index (Phi) is 1.65. The molecule has 2 rings (SSSR count). The van der Waals surface area contributed by atoms with Gasteiger partial charge in [0.25, 0.3) is 0 Å². The lowest BCUT2D eigenvalue weighted by molar-refractivity contribution is 0.582. The van der Waals surface area contributed by atoms with Gasteiger partial charge in [0.1, 0.15) is 0 Å². The lowest BCUT2D eigenvalue weighted by Gasteiger charge is -2.08. The Bertz CT molecular complexity index is 278. The maximum absolute atomic E-state index is 5.88. The van der Waals surface area contributed by atoms with E-state index in [1.165, 1.54) is 5.57 Å². The van der Waals surface area contributed by atoms with Crippen LogP contribution in [-0.4, -0.2) is 26.7 Å². The summed E-state index contributed by atoms with van der Waals surface area (Å²) in [7, 11) is 0. The summed E-state index contributed by atoms with van der Waals surface area (Å²) in [6, 6.07) is 0.107. The van der Waals surface area contributed by atoms with Gasteiger partial charge in [0.05, 0.1) is 0 Å². The van der Waals surface area contributed by atoms with E-state index in [4.69, 9.17) is 5.73 Å². The Morgan fingerprint density at radius 2 is 2.33 bits per heavy atom. The predicted molar refractivity (Wildman–Crippen MR) is 43.3 cm³/mol. The monoisotopic (exact) mass is 165 g/mol. The first kappa shape index (κ1) is 7.42. The Balaban J connectivity index is 2.20. The number of rotatable bonds is 1. The van der Waals surface area contributed by atoms with Gasteiger partial charge in [-0.05, 0) is 12.8 Å². The molecular weight excluding hydrogens is 154 g/mol. The van der Waals surface area contributed by atoms with Crippen molar-refractivity contribution in [3.05, 3.63) is 18.0 Å². The smallest absolute Gasteiger partial charge is 0.179 e. The fourth-order valence-corrected chi connectivity index (χ4v) is 1.63. The highest BCUT2D eigenvalue weighted by Gasteiger charge is 2.30. The summed E-state index contributed by atoms with van der Waals surface area (Å²) in [5, 5.41) is 13.8. The number of nitrogens with zero attached hydrogens (tertiary/aromatic N) is 3. The van der Waals surface area contributed by atoms with Gasteiger partial charge in [0.2, 0.25) is 0 Å². The molecule has 1 aromatic rings. The molecule has 1 aliphatic rings. The molecule has 0 amide bonds. The highest BCUT2D eigenvalue weighted by Crippen LogP contribution is 2.33. The van der Waals surface area contributed by atoms with E-state index < -0.39 is 0 Å². The fourth-order valence-electron chi connectivity index (χ4n) is 1.63. The molecule has 1 heterocycles. The molecule has 1 unspecified atom stereocenters. The van der Waals surface area contributed by atoms with Gasteiger partial charge in [0, 0.05) is 12.0 Å². The first-order chi connectivity index (χ1) is 5.77. The number of aromatic amines is 1. The summed E-state index contributed by atoms with van der Waals surface area (Å²) in [6.07, 6.45) is 1.76. The molecule has 1 aliphatic carbocycles. The maximum Gasteiger partial charge on any atom is 0.179 e. The molecule has 1 fully saturated rings. The lowest BCUT2D eigenvalue weighted by atomic mass is 10.0. The van der Waals surface area contributed by atoms with E-state index in [1.54, 1.807) is 0 Å². The second kappa shape index (κ2) is 2.67. The largest absolute Gasteiger partial charge is 0.327 e. The zero-order valence-electron chi connectivity index (χ0n) is 6.70. The number of nitrogens with two attached hydrogens (primary N) is 1. The third-order valence-electron chi connectivity index (χ3n) is 2.24. The number of H-pyrrole nitrogens is 1. The van der Waals surface area contributed by atoms with Crippen LogP contribution >= 0.6 is 0 Å². The molecule has 5 heteroatoms. The average molecular weight is 165 g/mol. The fraction of sp³-hybridized carbons (Fsp3) is 0.571. The number of tetrazole rings is 1. The van der Waals surface area contributed by atoms with Gasteiger partial charge in [-0.2, -0.15) is 5.21 Å². The molecule has 0 saturated heterocycles. The molecule has 1 saturated carbocycles. The molecule has 1 aromatic heterocycles. The van der Waals surface area contributed by atoms with Crippen LogP contribution in [0.15, 0.2) is 12.2 Å². The van der Waals surface area contributed by atoms with E-state index in [-0.39, 0.29) is 12.0 Å². The van der Waals surface area contributed by atoms with Crippen LogP contribution in [0.3, 0.4) is 0 Å². The molecular formula is C7H11N5. The topological polar surface area (TPSA) is 80.5 Å². The summed E-state index contributed by atoms with van der Waals surface area (Å²) in [5.41, 5.74) is 7.06. The van der Waals surface area contributed by atoms with Gasteiger partial charge >= 0.3 is 0 Å². The summed E-state index contributed by atoms with van der Waals surface area (Å²) < 4.78 is 0. The summed E-state index contributed by atoms with van der Waals surface area (Å²) in [6.45, 7) is 3.90. The molecule has 12 heavy (non-hydrogen) atoms. The van der Waals surface area contributed by atoms with Crippen molar-refractivity contribution in [3.63, 3.8) is 0 Å². The highest BCUT2D eigenvalue weighted by molar-refractivity contribution is 5.16. The van der Waals surface area contributed by atoms with Gasteiger partial charge in [-0.25, -0.2) is 0 Å². The zero-order chi connectivity index (χ0) is 8.55. The van der Waals surface area contributed by atoms with Crippen LogP contribution in [0, 0.1) is 0 Å². The Morgan fingerprint density at radius 3 is 2.83 bits per heavy atom. The molecule has 0 spiro atoms. The van der Waals surface area contributed by atoms with Crippen molar-refractivity contribution in [3.8, 4) is 0 Å². The van der Waals surface area contributed by atoms with Crippen molar-refractivity contribution in [2.75, 3.05) is 0 Å². The van der Waals surface area contributed by atoms with Crippen LogP contribution in [0.1, 0.15) is 24.6 Å². The number of hydrogen-bond acceptors (Lipinski definition) is 4. The number of nitrogens with one attached hydrogen (secondary N) is 1. The highest BCUT2D eigenvalue weighted by atomic mass is 15.5. The van der Waals surface area contributed by atoms with Gasteiger partial charge in [-0.3, -0.25) is 0 Å². The van der Waals surface area contributed by atoms with Crippen LogP contribution < -0.4 is 5.73 Å². The number of hydrogen-bond donors (Lipinski definition) is 2. The van der Waals surface area contributed by atoms with E-state index in [0.29, 0.717) is 5.82 Å². The van der Waals surface area contributed by atoms with Crippen molar-refractivity contribution in [2.24, 2.45) is 5.73 Å². The Labute approximate surface area is 70.0 Å². The standard InChI is InChI=1S/C7H11N5/c1-4-2-5(6(8)3-4)7-9-11-12-10-7/h5-6H,1-3,8H2,(H,9,10,11,12)/t5-,6?/m1/s1. The molecule has 0 aromatic carbocycles. The van der Waals surface area contributed by atoms with E-state index in [9.17, 15) is 0 Å². The minimum Gasteiger partial charge on any atom is -0.327 e. The van der Waals surface area contributed by atoms with E-state index in [0.717, 1.165) is 12.8 Å². The third kappa shape index (κ3) is 1.12. The summed E-state index contributed by atoms with van der Waals surface area (Å²) in [4.78, 5) is 0. The zero-order valence-corrected chi connectivity index (χ0v) is 6.70. The summed E-state index contributed by atoms with van der Waals surface area (Å²) in [5.74, 6) is 0.914. The normalized spacial score (nSPS) is 29.6. The van der Waals surface area contributed by atoms with Gasteiger partial charge in [0.15, 0.2) is 5.82 Å². The van der Waals surface area contributed by atoms with Crippen LogP contribution in [0.4, 0.5) is 0 Å². The first-order valence-electron chi connectivity index (χ1n) is 3.93. The molecule has 0 aliphatic heterocycles. The second-order valence-electron chi connectivity index (χ2n) is 3.20. The third-order valence-corrected chi connectivity index (χ3v) is 2.24. The molecule has 0 radical (unpaired) electrons. The van der Waals surface area contributed by atoms with E-state index in [2.05, 4.69) is 27.2 Å². The Hall–Kier alpha value is -1.23. The van der Waals surface area contributed by atoms with Crippen LogP contribution in [-0.2, 0) is 0 Å². The van der Waals surface area contributed by atoms with Crippen LogP contribution in [0.5, 0.6) is 0 Å². The molecule has 5 nitrogen and oxygen atoms in total.